The highest BCUT2D eigenvalue weighted by Gasteiger charge is 2.17. The van der Waals surface area contributed by atoms with Crippen molar-refractivity contribution >= 4 is 17.5 Å². The third-order valence-corrected chi connectivity index (χ3v) is 3.61. The number of ether oxygens (including phenoxy) is 1. The van der Waals surface area contributed by atoms with Crippen LogP contribution in [0.1, 0.15) is 26.5 Å². The van der Waals surface area contributed by atoms with E-state index in [0.29, 0.717) is 23.0 Å². The summed E-state index contributed by atoms with van der Waals surface area (Å²) in [6, 6.07) is 12.1. The van der Waals surface area contributed by atoms with Crippen molar-refractivity contribution in [1.82, 2.24) is 15.2 Å². The Morgan fingerprint density at radius 1 is 1.08 bits per heavy atom. The molecule has 0 atom stereocenters. The molecule has 7 nitrogen and oxygen atoms in total. The quantitative estimate of drug-likeness (QED) is 0.643. The molecule has 1 aromatic carbocycles. The van der Waals surface area contributed by atoms with Crippen LogP contribution in [-0.4, -0.2) is 21.2 Å². The van der Waals surface area contributed by atoms with Gasteiger partial charge in [-0.2, -0.15) is 5.10 Å². The van der Waals surface area contributed by atoms with Crippen LogP contribution in [-0.2, 0) is 5.41 Å². The third-order valence-electron chi connectivity index (χ3n) is 3.61. The van der Waals surface area contributed by atoms with Crippen LogP contribution in [0.15, 0.2) is 54.9 Å². The zero-order valence-corrected chi connectivity index (χ0v) is 14.9. The number of carbonyl (C=O) groups excluding carboxylic acids is 1. The molecule has 26 heavy (non-hydrogen) atoms. The second-order valence-corrected chi connectivity index (χ2v) is 6.81. The Bertz CT molecular complexity index is 867. The van der Waals surface area contributed by atoms with Gasteiger partial charge in [-0.05, 0) is 36.4 Å². The molecular formula is C19H21N5O2. The summed E-state index contributed by atoms with van der Waals surface area (Å²) >= 11 is 0. The van der Waals surface area contributed by atoms with Gasteiger partial charge in [0.25, 0.3) is 0 Å². The number of pyridine rings is 1. The maximum atomic E-state index is 12.1. The second kappa shape index (κ2) is 7.26. The van der Waals surface area contributed by atoms with Gasteiger partial charge in [0.15, 0.2) is 5.82 Å². The Kier molecular flexibility index (Phi) is 4.88. The van der Waals surface area contributed by atoms with E-state index in [9.17, 15) is 4.79 Å². The molecular weight excluding hydrogens is 330 g/mol. The number of hydrogen-bond acceptors (Lipinski definition) is 4. The zero-order valence-electron chi connectivity index (χ0n) is 14.9. The Hall–Kier alpha value is -3.35. The van der Waals surface area contributed by atoms with Crippen molar-refractivity contribution in [2.45, 2.75) is 26.2 Å². The molecule has 3 rings (SSSR count). The fourth-order valence-electron chi connectivity index (χ4n) is 2.20. The number of hydrogen-bond donors (Lipinski definition) is 3. The number of urea groups is 1. The van der Waals surface area contributed by atoms with Crippen LogP contribution < -0.4 is 15.4 Å². The average Bonchev–Trinajstić information content (AvgIpc) is 3.06. The van der Waals surface area contributed by atoms with Gasteiger partial charge in [-0.25, -0.2) is 4.79 Å². The number of carbonyl (C=O) groups is 1. The van der Waals surface area contributed by atoms with Crippen LogP contribution >= 0.6 is 0 Å². The second-order valence-electron chi connectivity index (χ2n) is 6.81. The molecule has 0 bridgehead atoms. The molecule has 2 heterocycles. The lowest BCUT2D eigenvalue weighted by molar-refractivity contribution is 0.262. The van der Waals surface area contributed by atoms with Gasteiger partial charge in [-0.15, -0.1) is 0 Å². The van der Waals surface area contributed by atoms with Crippen molar-refractivity contribution in [2.24, 2.45) is 0 Å². The molecule has 0 aliphatic heterocycles. The lowest BCUT2D eigenvalue weighted by atomic mass is 9.92. The molecule has 0 aliphatic carbocycles. The van der Waals surface area contributed by atoms with Crippen molar-refractivity contribution in [2.75, 3.05) is 10.6 Å². The average molecular weight is 351 g/mol. The van der Waals surface area contributed by atoms with Gasteiger partial charge >= 0.3 is 6.03 Å². The highest BCUT2D eigenvalue weighted by atomic mass is 16.5. The van der Waals surface area contributed by atoms with Crippen molar-refractivity contribution in [1.29, 1.82) is 0 Å². The molecule has 2 aromatic heterocycles. The van der Waals surface area contributed by atoms with Crippen LogP contribution in [0.5, 0.6) is 11.5 Å². The topological polar surface area (TPSA) is 91.9 Å². The third kappa shape index (κ3) is 4.60. The first-order valence-corrected chi connectivity index (χ1v) is 8.22. The first-order chi connectivity index (χ1) is 12.4. The first-order valence-electron chi connectivity index (χ1n) is 8.22. The van der Waals surface area contributed by atoms with Crippen molar-refractivity contribution in [3.05, 3.63) is 60.6 Å². The SMILES string of the molecule is CC(C)(C)c1cc(NC(=O)Nc2ccc(Oc3cccnc3)cc2)n[nH]1. The minimum absolute atomic E-state index is 0.0620. The molecule has 0 saturated carbocycles. The van der Waals surface area contributed by atoms with Crippen LogP contribution in [0.4, 0.5) is 16.3 Å². The Morgan fingerprint density at radius 2 is 1.85 bits per heavy atom. The smallest absolute Gasteiger partial charge is 0.324 e. The van der Waals surface area contributed by atoms with E-state index in [1.54, 1.807) is 42.7 Å². The van der Waals surface area contributed by atoms with E-state index >= 15 is 0 Å². The summed E-state index contributed by atoms with van der Waals surface area (Å²) in [5.74, 6) is 1.79. The molecule has 0 radical (unpaired) electrons. The number of benzene rings is 1. The monoisotopic (exact) mass is 351 g/mol. The number of amides is 2. The molecule has 0 fully saturated rings. The molecule has 3 N–H and O–H groups in total. The number of rotatable bonds is 4. The van der Waals surface area contributed by atoms with Gasteiger partial charge in [-0.3, -0.25) is 15.4 Å². The fraction of sp³-hybridized carbons (Fsp3) is 0.211. The normalized spacial score (nSPS) is 11.0. The fourth-order valence-corrected chi connectivity index (χ4v) is 2.20. The largest absolute Gasteiger partial charge is 0.456 e. The number of nitrogens with zero attached hydrogens (tertiary/aromatic N) is 2. The summed E-state index contributed by atoms with van der Waals surface area (Å²) in [6.45, 7) is 6.21. The highest BCUT2D eigenvalue weighted by molar-refractivity contribution is 5.99. The van der Waals surface area contributed by atoms with E-state index in [0.717, 1.165) is 5.69 Å². The molecule has 0 saturated heterocycles. The molecule has 0 aliphatic rings. The van der Waals surface area contributed by atoms with E-state index < -0.39 is 0 Å². The molecule has 134 valence electrons. The summed E-state index contributed by atoms with van der Waals surface area (Å²) in [5.41, 5.74) is 1.53. The van der Waals surface area contributed by atoms with Gasteiger partial charge in [0.05, 0.1) is 6.20 Å². The number of nitrogens with one attached hydrogen (secondary N) is 3. The van der Waals surface area contributed by atoms with E-state index in [1.165, 1.54) is 0 Å². The van der Waals surface area contributed by atoms with E-state index in [1.807, 2.05) is 12.1 Å². The first kappa shape index (κ1) is 17.5. The summed E-state index contributed by atoms with van der Waals surface area (Å²) in [6.07, 6.45) is 3.32. The number of aromatic nitrogens is 3. The number of anilines is 2. The molecule has 0 unspecified atom stereocenters. The zero-order chi connectivity index (χ0) is 18.6. The molecule has 3 aromatic rings. The van der Waals surface area contributed by atoms with Gasteiger partial charge in [0, 0.05) is 29.1 Å². The summed E-state index contributed by atoms with van der Waals surface area (Å²) in [7, 11) is 0. The minimum Gasteiger partial charge on any atom is -0.456 e. The van der Waals surface area contributed by atoms with Crippen molar-refractivity contribution in [3.63, 3.8) is 0 Å². The van der Waals surface area contributed by atoms with Gasteiger partial charge in [0.1, 0.15) is 11.5 Å². The summed E-state index contributed by atoms with van der Waals surface area (Å²) in [5, 5.41) is 12.5. The van der Waals surface area contributed by atoms with E-state index in [2.05, 4.69) is 46.6 Å². The van der Waals surface area contributed by atoms with Crippen molar-refractivity contribution in [3.8, 4) is 11.5 Å². The Balaban J connectivity index is 1.57. The van der Waals surface area contributed by atoms with Gasteiger partial charge in [0.2, 0.25) is 0 Å². The van der Waals surface area contributed by atoms with Crippen molar-refractivity contribution < 1.29 is 9.53 Å². The van der Waals surface area contributed by atoms with Gasteiger partial charge < -0.3 is 10.1 Å². The van der Waals surface area contributed by atoms with Crippen LogP contribution in [0.25, 0.3) is 0 Å². The van der Waals surface area contributed by atoms with E-state index in [-0.39, 0.29) is 11.4 Å². The Labute approximate surface area is 151 Å². The maximum Gasteiger partial charge on any atom is 0.324 e. The summed E-state index contributed by atoms with van der Waals surface area (Å²) in [4.78, 5) is 16.1. The highest BCUT2D eigenvalue weighted by Crippen LogP contribution is 2.23. The number of H-pyrrole nitrogens is 1. The minimum atomic E-state index is -0.363. The summed E-state index contributed by atoms with van der Waals surface area (Å²) < 4.78 is 5.66. The lowest BCUT2D eigenvalue weighted by Gasteiger charge is -2.14. The van der Waals surface area contributed by atoms with E-state index in [4.69, 9.17) is 4.74 Å². The van der Waals surface area contributed by atoms with Crippen LogP contribution in [0.3, 0.4) is 0 Å². The lowest BCUT2D eigenvalue weighted by Crippen LogP contribution is -2.19. The van der Waals surface area contributed by atoms with Crippen LogP contribution in [0.2, 0.25) is 0 Å². The standard InChI is InChI=1S/C19H21N5O2/c1-19(2,3)16-11-17(24-23-16)22-18(25)21-13-6-8-14(9-7-13)26-15-5-4-10-20-12-15/h4-12H,1-3H3,(H3,21,22,23,24,25). The van der Waals surface area contributed by atoms with Crippen LogP contribution in [0, 0.1) is 0 Å². The maximum absolute atomic E-state index is 12.1. The number of aromatic amines is 1. The predicted octanol–water partition coefficient (Wildman–Crippen LogP) is 4.54. The molecule has 7 heteroatoms. The molecule has 2 amide bonds. The molecule has 0 spiro atoms. The van der Waals surface area contributed by atoms with Gasteiger partial charge in [-0.1, -0.05) is 20.8 Å². The predicted molar refractivity (Wildman–Crippen MR) is 101 cm³/mol. The Morgan fingerprint density at radius 3 is 2.46 bits per heavy atom.